The number of benzene rings is 1. The number of carbonyl (C=O) groups is 1. The first kappa shape index (κ1) is 14.3. The summed E-state index contributed by atoms with van der Waals surface area (Å²) in [5, 5.41) is 0. The van der Waals surface area contributed by atoms with E-state index in [0.29, 0.717) is 11.1 Å². The van der Waals surface area contributed by atoms with E-state index in [1.165, 1.54) is 12.1 Å². The molecule has 1 aromatic rings. The molecule has 0 unspecified atom stereocenters. The van der Waals surface area contributed by atoms with Crippen LogP contribution in [0.4, 0.5) is 13.2 Å². The lowest BCUT2D eigenvalue weighted by Gasteiger charge is -2.09. The van der Waals surface area contributed by atoms with Crippen molar-refractivity contribution in [2.24, 2.45) is 0 Å². The Labute approximate surface area is 103 Å². The fourth-order valence-corrected chi connectivity index (χ4v) is 1.34. The van der Waals surface area contributed by atoms with Gasteiger partial charge >= 0.3 is 12.1 Å². The molecule has 0 aromatic heterocycles. The second-order valence-electron chi connectivity index (χ2n) is 3.65. The fourth-order valence-electron chi connectivity index (χ4n) is 1.34. The van der Waals surface area contributed by atoms with Crippen LogP contribution in [0, 0.1) is 6.92 Å². The van der Waals surface area contributed by atoms with Gasteiger partial charge in [-0.15, -0.1) is 0 Å². The maximum absolute atomic E-state index is 12.5. The van der Waals surface area contributed by atoms with Crippen LogP contribution in [0.25, 0.3) is 6.08 Å². The maximum Gasteiger partial charge on any atom is 0.416 e. The molecule has 0 atom stereocenters. The molecule has 1 rings (SSSR count). The average Bonchev–Trinajstić information content (AvgIpc) is 2.26. The van der Waals surface area contributed by atoms with Crippen LogP contribution >= 0.6 is 0 Å². The minimum Gasteiger partial charge on any atom is -0.463 e. The van der Waals surface area contributed by atoms with E-state index in [9.17, 15) is 18.0 Å². The lowest BCUT2D eigenvalue weighted by Crippen LogP contribution is -2.05. The van der Waals surface area contributed by atoms with Gasteiger partial charge in [-0.25, -0.2) is 4.79 Å². The summed E-state index contributed by atoms with van der Waals surface area (Å²) in [6, 6.07) is 3.38. The number of halogens is 3. The number of carbonyl (C=O) groups excluding carboxylic acids is 1. The van der Waals surface area contributed by atoms with Gasteiger partial charge in [0.1, 0.15) is 0 Å². The number of hydrogen-bond donors (Lipinski definition) is 0. The molecule has 0 amide bonds. The quantitative estimate of drug-likeness (QED) is 0.611. The predicted octanol–water partition coefficient (Wildman–Crippen LogP) is 3.59. The summed E-state index contributed by atoms with van der Waals surface area (Å²) in [5.74, 6) is -0.575. The molecule has 0 spiro atoms. The van der Waals surface area contributed by atoms with Crippen LogP contribution in [0.15, 0.2) is 24.3 Å². The van der Waals surface area contributed by atoms with Gasteiger partial charge < -0.3 is 4.74 Å². The second-order valence-corrected chi connectivity index (χ2v) is 3.65. The highest BCUT2D eigenvalue weighted by atomic mass is 19.4. The zero-order valence-electron chi connectivity index (χ0n) is 10.0. The van der Waals surface area contributed by atoms with Gasteiger partial charge in [0.25, 0.3) is 0 Å². The fraction of sp³-hybridized carbons (Fsp3) is 0.308. The molecule has 0 fully saturated rings. The minimum atomic E-state index is -4.39. The van der Waals surface area contributed by atoms with Gasteiger partial charge in [0.05, 0.1) is 12.2 Å². The maximum atomic E-state index is 12.5. The Hall–Kier alpha value is -1.78. The summed E-state index contributed by atoms with van der Waals surface area (Å²) < 4.78 is 42.2. The second kappa shape index (κ2) is 5.71. The number of esters is 1. The van der Waals surface area contributed by atoms with Gasteiger partial charge in [-0.2, -0.15) is 13.2 Å². The summed E-state index contributed by atoms with van der Waals surface area (Å²) >= 11 is 0. The van der Waals surface area contributed by atoms with E-state index in [-0.39, 0.29) is 6.61 Å². The molecule has 18 heavy (non-hydrogen) atoms. The molecule has 0 saturated heterocycles. The largest absolute Gasteiger partial charge is 0.463 e. The topological polar surface area (TPSA) is 26.3 Å². The minimum absolute atomic E-state index is 0.227. The van der Waals surface area contributed by atoms with Gasteiger partial charge in [0, 0.05) is 6.08 Å². The third-order valence-corrected chi connectivity index (χ3v) is 2.29. The normalized spacial score (nSPS) is 11.8. The molecule has 0 N–H and O–H groups in total. The highest BCUT2D eigenvalue weighted by Gasteiger charge is 2.30. The molecule has 0 radical (unpaired) electrons. The lowest BCUT2D eigenvalue weighted by atomic mass is 10.0. The summed E-state index contributed by atoms with van der Waals surface area (Å²) in [5.41, 5.74) is 0.262. The van der Waals surface area contributed by atoms with Crippen molar-refractivity contribution in [1.29, 1.82) is 0 Å². The monoisotopic (exact) mass is 258 g/mol. The Balaban J connectivity index is 2.98. The van der Waals surface area contributed by atoms with Crippen molar-refractivity contribution < 1.29 is 22.7 Å². The zero-order valence-corrected chi connectivity index (χ0v) is 10.0. The van der Waals surface area contributed by atoms with Crippen LogP contribution in [0.5, 0.6) is 0 Å². The standard InChI is InChI=1S/C13H13F3O2/c1-3-18-12(17)7-5-10-8-11(13(14,15)16)6-4-9(10)2/h4-8H,3H2,1-2H3/b7-5-. The van der Waals surface area contributed by atoms with Gasteiger partial charge in [-0.1, -0.05) is 6.07 Å². The number of alkyl halides is 3. The molecule has 0 saturated carbocycles. The highest BCUT2D eigenvalue weighted by molar-refractivity contribution is 5.87. The SMILES string of the molecule is CCOC(=O)/C=C\c1cc(C(F)(F)F)ccc1C. The summed E-state index contributed by atoms with van der Waals surface area (Å²) in [7, 11) is 0. The number of aryl methyl sites for hydroxylation is 1. The van der Waals surface area contributed by atoms with Gasteiger partial charge in [0.15, 0.2) is 0 Å². The van der Waals surface area contributed by atoms with Gasteiger partial charge in [0.2, 0.25) is 0 Å². The van der Waals surface area contributed by atoms with Gasteiger partial charge in [-0.3, -0.25) is 0 Å². The van der Waals surface area contributed by atoms with Crippen molar-refractivity contribution in [3.63, 3.8) is 0 Å². The molecule has 0 aliphatic heterocycles. The molecule has 5 heteroatoms. The average molecular weight is 258 g/mol. The third kappa shape index (κ3) is 3.91. The zero-order chi connectivity index (χ0) is 13.8. The van der Waals surface area contributed by atoms with Crippen LogP contribution in [0.2, 0.25) is 0 Å². The van der Waals surface area contributed by atoms with Crippen molar-refractivity contribution in [1.82, 2.24) is 0 Å². The Morgan fingerprint density at radius 2 is 2.06 bits per heavy atom. The van der Waals surface area contributed by atoms with Crippen molar-refractivity contribution in [3.8, 4) is 0 Å². The van der Waals surface area contributed by atoms with Gasteiger partial charge in [-0.05, 0) is 43.2 Å². The third-order valence-electron chi connectivity index (χ3n) is 2.29. The van der Waals surface area contributed by atoms with Crippen molar-refractivity contribution in [3.05, 3.63) is 41.0 Å². The van der Waals surface area contributed by atoms with E-state index >= 15 is 0 Å². The molecule has 0 heterocycles. The summed E-state index contributed by atoms with van der Waals surface area (Å²) in [4.78, 5) is 11.1. The number of rotatable bonds is 3. The van der Waals surface area contributed by atoms with Crippen LogP contribution in [-0.4, -0.2) is 12.6 Å². The van der Waals surface area contributed by atoms with Crippen molar-refractivity contribution in [2.45, 2.75) is 20.0 Å². The number of hydrogen-bond acceptors (Lipinski definition) is 2. The Kier molecular flexibility index (Phi) is 4.53. The predicted molar refractivity (Wildman–Crippen MR) is 61.8 cm³/mol. The van der Waals surface area contributed by atoms with Crippen LogP contribution in [0.3, 0.4) is 0 Å². The molecule has 0 aliphatic rings. The summed E-state index contributed by atoms with van der Waals surface area (Å²) in [6.07, 6.45) is -1.95. The lowest BCUT2D eigenvalue weighted by molar-refractivity contribution is -0.138. The highest BCUT2D eigenvalue weighted by Crippen LogP contribution is 2.30. The molecule has 2 nitrogen and oxygen atoms in total. The Morgan fingerprint density at radius 3 is 2.61 bits per heavy atom. The Bertz CT molecular complexity index is 462. The molecule has 1 aromatic carbocycles. The van der Waals surface area contributed by atoms with E-state index in [1.807, 2.05) is 0 Å². The number of ether oxygens (including phenoxy) is 1. The smallest absolute Gasteiger partial charge is 0.416 e. The van der Waals surface area contributed by atoms with Crippen molar-refractivity contribution >= 4 is 12.0 Å². The van der Waals surface area contributed by atoms with Crippen LogP contribution in [-0.2, 0) is 15.7 Å². The van der Waals surface area contributed by atoms with E-state index in [2.05, 4.69) is 4.74 Å². The van der Waals surface area contributed by atoms with Crippen LogP contribution in [0.1, 0.15) is 23.6 Å². The first-order chi connectivity index (χ1) is 8.34. The molecule has 0 aliphatic carbocycles. The van der Waals surface area contributed by atoms with E-state index in [0.717, 1.165) is 18.2 Å². The first-order valence-electron chi connectivity index (χ1n) is 5.37. The molecular formula is C13H13F3O2. The summed E-state index contributed by atoms with van der Waals surface area (Å²) in [6.45, 7) is 3.55. The Morgan fingerprint density at radius 1 is 1.39 bits per heavy atom. The van der Waals surface area contributed by atoms with Crippen molar-refractivity contribution in [2.75, 3.05) is 6.61 Å². The molecular weight excluding hydrogens is 245 g/mol. The molecule has 0 bridgehead atoms. The molecule has 98 valence electrons. The van der Waals surface area contributed by atoms with E-state index in [1.54, 1.807) is 13.8 Å². The van der Waals surface area contributed by atoms with Crippen LogP contribution < -0.4 is 0 Å². The van der Waals surface area contributed by atoms with E-state index in [4.69, 9.17) is 0 Å². The first-order valence-corrected chi connectivity index (χ1v) is 5.37. The van der Waals surface area contributed by atoms with E-state index < -0.39 is 17.7 Å².